The molecule has 0 radical (unpaired) electrons. The van der Waals surface area contributed by atoms with Gasteiger partial charge >= 0.3 is 0 Å². The number of methoxy groups -OCH3 is 1. The van der Waals surface area contributed by atoms with Crippen LogP contribution in [0.5, 0.6) is 11.5 Å². The number of hydrogen-bond acceptors (Lipinski definition) is 3. The molecule has 1 unspecified atom stereocenters. The maximum absolute atomic E-state index is 13.0. The van der Waals surface area contributed by atoms with Gasteiger partial charge in [-0.05, 0) is 56.9 Å². The molecule has 0 aromatic heterocycles. The quantitative estimate of drug-likeness (QED) is 0.676. The molecule has 0 aliphatic carbocycles. The lowest BCUT2D eigenvalue weighted by atomic mass is 9.87. The van der Waals surface area contributed by atoms with Crippen molar-refractivity contribution < 1.29 is 14.3 Å². The Kier molecular flexibility index (Phi) is 6.96. The van der Waals surface area contributed by atoms with Crippen LogP contribution in [0.1, 0.15) is 56.6 Å². The lowest BCUT2D eigenvalue weighted by Crippen LogP contribution is -2.36. The van der Waals surface area contributed by atoms with Crippen molar-refractivity contribution in [3.63, 3.8) is 0 Å². The number of ether oxygens (including phenoxy) is 2. The van der Waals surface area contributed by atoms with Crippen molar-refractivity contribution in [1.82, 2.24) is 4.90 Å². The van der Waals surface area contributed by atoms with Gasteiger partial charge in [-0.3, -0.25) is 4.79 Å². The summed E-state index contributed by atoms with van der Waals surface area (Å²) in [4.78, 5) is 15.0. The van der Waals surface area contributed by atoms with Gasteiger partial charge in [-0.15, -0.1) is 0 Å². The molecule has 3 rings (SSSR count). The van der Waals surface area contributed by atoms with Crippen LogP contribution in [0, 0.1) is 0 Å². The van der Waals surface area contributed by atoms with E-state index in [2.05, 4.69) is 18.2 Å². The molecule has 1 saturated heterocycles. The third kappa shape index (κ3) is 5.06. The molecule has 1 aliphatic heterocycles. The highest BCUT2D eigenvalue weighted by Gasteiger charge is 2.25. The average molecular weight is 382 g/mol. The van der Waals surface area contributed by atoms with E-state index in [-0.39, 0.29) is 17.9 Å². The first kappa shape index (κ1) is 20.2. The monoisotopic (exact) mass is 381 g/mol. The Balaban J connectivity index is 1.88. The standard InChI is InChI=1S/C24H31NO3/c1-18(2)28-20-13-11-19(12-14-20)22(21-9-5-6-10-23(21)27-3)17-24(26)25-15-7-4-8-16-25/h5-6,9-14,18,22H,4,7-8,15-17H2,1-3H3. The Morgan fingerprint density at radius 3 is 2.32 bits per heavy atom. The van der Waals surface area contributed by atoms with E-state index >= 15 is 0 Å². The second-order valence-electron chi connectivity index (χ2n) is 7.68. The summed E-state index contributed by atoms with van der Waals surface area (Å²) in [5.41, 5.74) is 2.15. The molecule has 1 aliphatic rings. The van der Waals surface area contributed by atoms with Crippen LogP contribution in [0.4, 0.5) is 0 Å². The number of carbonyl (C=O) groups is 1. The van der Waals surface area contributed by atoms with Gasteiger partial charge in [0, 0.05) is 31.0 Å². The Morgan fingerprint density at radius 2 is 1.68 bits per heavy atom. The van der Waals surface area contributed by atoms with Gasteiger partial charge in [-0.1, -0.05) is 30.3 Å². The van der Waals surface area contributed by atoms with Crippen molar-refractivity contribution in [2.75, 3.05) is 20.2 Å². The van der Waals surface area contributed by atoms with Crippen molar-refractivity contribution >= 4 is 5.91 Å². The predicted octanol–water partition coefficient (Wildman–Crippen LogP) is 5.02. The van der Waals surface area contributed by atoms with E-state index in [4.69, 9.17) is 9.47 Å². The topological polar surface area (TPSA) is 38.8 Å². The fraction of sp³-hybridized carbons (Fsp3) is 0.458. The molecule has 1 amide bonds. The Morgan fingerprint density at radius 1 is 1.00 bits per heavy atom. The smallest absolute Gasteiger partial charge is 0.223 e. The number of hydrogen-bond donors (Lipinski definition) is 0. The third-order valence-corrected chi connectivity index (χ3v) is 5.26. The van der Waals surface area contributed by atoms with E-state index in [0.29, 0.717) is 6.42 Å². The van der Waals surface area contributed by atoms with E-state index in [0.717, 1.165) is 48.6 Å². The van der Waals surface area contributed by atoms with Gasteiger partial charge in [0.25, 0.3) is 0 Å². The summed E-state index contributed by atoms with van der Waals surface area (Å²) in [5, 5.41) is 0. The zero-order valence-corrected chi connectivity index (χ0v) is 17.2. The van der Waals surface area contributed by atoms with Gasteiger partial charge in [0.15, 0.2) is 0 Å². The largest absolute Gasteiger partial charge is 0.496 e. The molecule has 1 atom stereocenters. The summed E-state index contributed by atoms with van der Waals surface area (Å²) in [6, 6.07) is 16.1. The zero-order chi connectivity index (χ0) is 19.9. The summed E-state index contributed by atoms with van der Waals surface area (Å²) >= 11 is 0. The van der Waals surface area contributed by atoms with Gasteiger partial charge in [0.2, 0.25) is 5.91 Å². The predicted molar refractivity (Wildman–Crippen MR) is 112 cm³/mol. The fourth-order valence-corrected chi connectivity index (χ4v) is 3.86. The zero-order valence-electron chi connectivity index (χ0n) is 17.2. The maximum Gasteiger partial charge on any atom is 0.223 e. The average Bonchev–Trinajstić information content (AvgIpc) is 2.73. The Bertz CT molecular complexity index is 764. The van der Waals surface area contributed by atoms with Crippen molar-refractivity contribution in [3.05, 3.63) is 59.7 Å². The Labute approximate surface area is 168 Å². The maximum atomic E-state index is 13.0. The minimum absolute atomic E-state index is 0.0429. The molecule has 0 saturated carbocycles. The molecule has 0 spiro atoms. The molecule has 150 valence electrons. The molecule has 1 heterocycles. The van der Waals surface area contributed by atoms with Crippen LogP contribution in [0.3, 0.4) is 0 Å². The van der Waals surface area contributed by atoms with E-state index in [1.165, 1.54) is 6.42 Å². The second kappa shape index (κ2) is 9.63. The van der Waals surface area contributed by atoms with Crippen LogP contribution in [0.25, 0.3) is 0 Å². The van der Waals surface area contributed by atoms with Crippen LogP contribution >= 0.6 is 0 Å². The highest BCUT2D eigenvalue weighted by molar-refractivity contribution is 5.78. The molecule has 0 bridgehead atoms. The molecule has 4 heteroatoms. The number of rotatable bonds is 7. The minimum Gasteiger partial charge on any atom is -0.496 e. The summed E-state index contributed by atoms with van der Waals surface area (Å²) in [6.45, 7) is 5.78. The van der Waals surface area contributed by atoms with Gasteiger partial charge in [-0.2, -0.15) is 0 Å². The van der Waals surface area contributed by atoms with Crippen LogP contribution in [0.2, 0.25) is 0 Å². The summed E-state index contributed by atoms with van der Waals surface area (Å²) in [5.74, 6) is 1.85. The van der Waals surface area contributed by atoms with E-state index in [1.54, 1.807) is 7.11 Å². The van der Waals surface area contributed by atoms with Crippen molar-refractivity contribution in [3.8, 4) is 11.5 Å². The number of benzene rings is 2. The van der Waals surface area contributed by atoms with Crippen molar-refractivity contribution in [1.29, 1.82) is 0 Å². The first-order valence-corrected chi connectivity index (χ1v) is 10.3. The van der Waals surface area contributed by atoms with Gasteiger partial charge in [-0.25, -0.2) is 0 Å². The summed E-state index contributed by atoms with van der Waals surface area (Å²) in [6.07, 6.45) is 4.01. The SMILES string of the molecule is COc1ccccc1C(CC(=O)N1CCCCC1)c1ccc(OC(C)C)cc1. The Hall–Kier alpha value is -2.49. The second-order valence-corrected chi connectivity index (χ2v) is 7.68. The molecule has 2 aromatic rings. The summed E-state index contributed by atoms with van der Waals surface area (Å²) < 4.78 is 11.4. The molecule has 0 N–H and O–H groups in total. The normalized spacial score (nSPS) is 15.4. The van der Waals surface area contributed by atoms with Gasteiger partial charge in [0.1, 0.15) is 11.5 Å². The molecule has 28 heavy (non-hydrogen) atoms. The lowest BCUT2D eigenvalue weighted by molar-refractivity contribution is -0.132. The first-order chi connectivity index (χ1) is 13.6. The molecular weight excluding hydrogens is 350 g/mol. The summed E-state index contributed by atoms with van der Waals surface area (Å²) in [7, 11) is 1.68. The van der Waals surface area contributed by atoms with Crippen molar-refractivity contribution in [2.24, 2.45) is 0 Å². The lowest BCUT2D eigenvalue weighted by Gasteiger charge is -2.29. The molecule has 1 fully saturated rings. The molecular formula is C24H31NO3. The van der Waals surface area contributed by atoms with Crippen LogP contribution < -0.4 is 9.47 Å². The highest BCUT2D eigenvalue weighted by atomic mass is 16.5. The molecule has 4 nitrogen and oxygen atoms in total. The fourth-order valence-electron chi connectivity index (χ4n) is 3.86. The number of para-hydroxylation sites is 1. The number of likely N-dealkylation sites (tertiary alicyclic amines) is 1. The number of amides is 1. The minimum atomic E-state index is -0.0429. The number of carbonyl (C=O) groups excluding carboxylic acids is 1. The first-order valence-electron chi connectivity index (χ1n) is 10.3. The van der Waals surface area contributed by atoms with E-state index in [9.17, 15) is 4.79 Å². The van der Waals surface area contributed by atoms with Crippen LogP contribution in [-0.2, 0) is 4.79 Å². The van der Waals surface area contributed by atoms with Crippen molar-refractivity contribution in [2.45, 2.75) is 51.6 Å². The van der Waals surface area contributed by atoms with E-state index < -0.39 is 0 Å². The number of nitrogens with zero attached hydrogens (tertiary/aromatic N) is 1. The van der Waals surface area contributed by atoms with Gasteiger partial charge in [0.05, 0.1) is 13.2 Å². The van der Waals surface area contributed by atoms with Crippen LogP contribution in [-0.4, -0.2) is 37.1 Å². The third-order valence-electron chi connectivity index (χ3n) is 5.26. The van der Waals surface area contributed by atoms with Crippen LogP contribution in [0.15, 0.2) is 48.5 Å². The van der Waals surface area contributed by atoms with E-state index in [1.807, 2.05) is 49.1 Å². The van der Waals surface area contributed by atoms with Gasteiger partial charge < -0.3 is 14.4 Å². The number of piperidine rings is 1. The molecule has 2 aromatic carbocycles. The highest BCUT2D eigenvalue weighted by Crippen LogP contribution is 2.35.